The van der Waals surface area contributed by atoms with Crippen molar-refractivity contribution in [3.63, 3.8) is 0 Å². The lowest BCUT2D eigenvalue weighted by atomic mass is 9.91. The highest BCUT2D eigenvalue weighted by atomic mass is 16.3. The van der Waals surface area contributed by atoms with Gasteiger partial charge in [-0.2, -0.15) is 0 Å². The molecule has 1 saturated carbocycles. The number of nitrogens with one attached hydrogen (secondary N) is 1. The quantitative estimate of drug-likeness (QED) is 0.802. The number of nitrogens with zero attached hydrogens (tertiary/aromatic N) is 1. The Balaban J connectivity index is 2.53. The van der Waals surface area contributed by atoms with Crippen LogP contribution in [0.4, 0.5) is 0 Å². The first-order valence-corrected chi connectivity index (χ1v) is 7.06. The summed E-state index contributed by atoms with van der Waals surface area (Å²) >= 11 is 0. The van der Waals surface area contributed by atoms with Crippen LogP contribution >= 0.6 is 0 Å². The average Bonchev–Trinajstić information content (AvgIpc) is 2.24. The highest BCUT2D eigenvalue weighted by Gasteiger charge is 2.29. The molecule has 0 aromatic carbocycles. The van der Waals surface area contributed by atoms with Crippen molar-refractivity contribution in [1.82, 2.24) is 10.2 Å². The minimum absolute atomic E-state index is 0.0436. The van der Waals surface area contributed by atoms with Crippen LogP contribution in [0.3, 0.4) is 0 Å². The summed E-state index contributed by atoms with van der Waals surface area (Å²) in [6.07, 6.45) is 3.84. The van der Waals surface area contributed by atoms with Gasteiger partial charge in [-0.25, -0.2) is 0 Å². The second kappa shape index (κ2) is 6.53. The van der Waals surface area contributed by atoms with Gasteiger partial charge in [0, 0.05) is 11.6 Å². The van der Waals surface area contributed by atoms with E-state index in [1.807, 2.05) is 27.7 Å². The predicted octanol–water partition coefficient (Wildman–Crippen LogP) is 1.53. The van der Waals surface area contributed by atoms with E-state index >= 15 is 0 Å². The molecule has 1 rings (SSSR count). The van der Waals surface area contributed by atoms with E-state index in [2.05, 4.69) is 10.2 Å². The first-order valence-electron chi connectivity index (χ1n) is 7.06. The summed E-state index contributed by atoms with van der Waals surface area (Å²) in [5.74, 6) is 0.0436. The summed E-state index contributed by atoms with van der Waals surface area (Å²) in [4.78, 5) is 14.0. The molecule has 0 bridgehead atoms. The molecule has 0 saturated heterocycles. The first kappa shape index (κ1) is 15.4. The molecule has 4 nitrogen and oxygen atoms in total. The second-order valence-electron chi connectivity index (χ2n) is 6.28. The van der Waals surface area contributed by atoms with E-state index in [9.17, 15) is 9.90 Å². The molecule has 0 aromatic rings. The molecule has 1 fully saturated rings. The zero-order chi connectivity index (χ0) is 13.8. The molecule has 0 heterocycles. The van der Waals surface area contributed by atoms with Crippen LogP contribution in [0, 0.1) is 0 Å². The van der Waals surface area contributed by atoms with Crippen LogP contribution in [0.25, 0.3) is 0 Å². The number of aliphatic hydroxyl groups excluding tert-OH is 1. The average molecular weight is 256 g/mol. The predicted molar refractivity (Wildman–Crippen MR) is 73.4 cm³/mol. The summed E-state index contributed by atoms with van der Waals surface area (Å²) in [6, 6.07) is 0.148. The maximum atomic E-state index is 11.9. The van der Waals surface area contributed by atoms with Gasteiger partial charge in [-0.3, -0.25) is 9.69 Å². The summed E-state index contributed by atoms with van der Waals surface area (Å²) in [5.41, 5.74) is -0.193. The summed E-state index contributed by atoms with van der Waals surface area (Å²) in [7, 11) is 0. The zero-order valence-corrected chi connectivity index (χ0v) is 12.2. The second-order valence-corrected chi connectivity index (χ2v) is 6.28. The fourth-order valence-electron chi connectivity index (χ4n) is 2.62. The number of likely N-dealkylation sites (N-methyl/N-ethyl adjacent to an activating group) is 1. The Bertz CT molecular complexity index is 273. The Morgan fingerprint density at radius 1 is 1.33 bits per heavy atom. The standard InChI is InChI=1S/C14H28N2O2/c1-5-16(10-13(18)15-14(2,3)4)11-8-6-7-9-12(11)17/h11-12,17H,5-10H2,1-4H3,(H,15,18). The van der Waals surface area contributed by atoms with Crippen molar-refractivity contribution in [2.24, 2.45) is 0 Å². The molecule has 0 aromatic heterocycles. The van der Waals surface area contributed by atoms with Crippen molar-refractivity contribution in [3.8, 4) is 0 Å². The third kappa shape index (κ3) is 4.94. The maximum absolute atomic E-state index is 11.9. The van der Waals surface area contributed by atoms with Gasteiger partial charge in [0.15, 0.2) is 0 Å². The van der Waals surface area contributed by atoms with E-state index < -0.39 is 0 Å². The van der Waals surface area contributed by atoms with Gasteiger partial charge in [0.25, 0.3) is 0 Å². The Morgan fingerprint density at radius 3 is 2.44 bits per heavy atom. The largest absolute Gasteiger partial charge is 0.391 e. The lowest BCUT2D eigenvalue weighted by Gasteiger charge is -2.37. The molecular formula is C14H28N2O2. The van der Waals surface area contributed by atoms with Crippen LogP contribution in [-0.2, 0) is 4.79 Å². The molecule has 0 spiro atoms. The van der Waals surface area contributed by atoms with E-state index in [0.29, 0.717) is 6.54 Å². The molecule has 106 valence electrons. The van der Waals surface area contributed by atoms with E-state index in [4.69, 9.17) is 0 Å². The van der Waals surface area contributed by atoms with Gasteiger partial charge in [0.1, 0.15) is 0 Å². The maximum Gasteiger partial charge on any atom is 0.234 e. The minimum atomic E-state index is -0.277. The lowest BCUT2D eigenvalue weighted by molar-refractivity contribution is -0.125. The molecule has 2 unspecified atom stereocenters. The van der Waals surface area contributed by atoms with Crippen molar-refractivity contribution in [3.05, 3.63) is 0 Å². The van der Waals surface area contributed by atoms with Gasteiger partial charge in [-0.1, -0.05) is 19.8 Å². The number of hydrogen-bond donors (Lipinski definition) is 2. The fourth-order valence-corrected chi connectivity index (χ4v) is 2.62. The smallest absolute Gasteiger partial charge is 0.234 e. The third-order valence-electron chi connectivity index (χ3n) is 3.43. The number of carbonyl (C=O) groups is 1. The van der Waals surface area contributed by atoms with E-state index in [1.165, 1.54) is 0 Å². The SMILES string of the molecule is CCN(CC(=O)NC(C)(C)C)C1CCCCC1O. The molecule has 2 N–H and O–H groups in total. The number of aliphatic hydroxyl groups is 1. The van der Waals surface area contributed by atoms with Crippen LogP contribution in [-0.4, -0.2) is 46.7 Å². The number of amides is 1. The van der Waals surface area contributed by atoms with Crippen LogP contribution in [0.15, 0.2) is 0 Å². The van der Waals surface area contributed by atoms with Gasteiger partial charge in [0.2, 0.25) is 5.91 Å². The van der Waals surface area contributed by atoms with Crippen molar-refractivity contribution in [1.29, 1.82) is 0 Å². The molecule has 18 heavy (non-hydrogen) atoms. The number of hydrogen-bond acceptors (Lipinski definition) is 3. The molecule has 4 heteroatoms. The van der Waals surface area contributed by atoms with Crippen LogP contribution in [0.1, 0.15) is 53.4 Å². The van der Waals surface area contributed by atoms with Gasteiger partial charge in [0.05, 0.1) is 12.6 Å². The monoisotopic (exact) mass is 256 g/mol. The van der Waals surface area contributed by atoms with E-state index in [0.717, 1.165) is 32.2 Å². The normalized spacial score (nSPS) is 25.2. The van der Waals surface area contributed by atoms with Crippen LogP contribution in [0.5, 0.6) is 0 Å². The van der Waals surface area contributed by atoms with E-state index in [-0.39, 0.29) is 23.6 Å². The molecule has 1 amide bonds. The van der Waals surface area contributed by atoms with Gasteiger partial charge >= 0.3 is 0 Å². The van der Waals surface area contributed by atoms with Crippen molar-refractivity contribution < 1.29 is 9.90 Å². The highest BCUT2D eigenvalue weighted by molar-refractivity contribution is 5.78. The molecule has 0 aliphatic heterocycles. The Kier molecular flexibility index (Phi) is 5.60. The van der Waals surface area contributed by atoms with Crippen molar-refractivity contribution in [2.75, 3.05) is 13.1 Å². The van der Waals surface area contributed by atoms with E-state index in [1.54, 1.807) is 0 Å². The van der Waals surface area contributed by atoms with Crippen LogP contribution < -0.4 is 5.32 Å². The Hall–Kier alpha value is -0.610. The summed E-state index contributed by atoms with van der Waals surface area (Å²) < 4.78 is 0. The van der Waals surface area contributed by atoms with Gasteiger partial charge < -0.3 is 10.4 Å². The van der Waals surface area contributed by atoms with Crippen LogP contribution in [0.2, 0.25) is 0 Å². The molecule has 1 aliphatic carbocycles. The minimum Gasteiger partial charge on any atom is -0.391 e. The Morgan fingerprint density at radius 2 is 1.94 bits per heavy atom. The van der Waals surface area contributed by atoms with Gasteiger partial charge in [-0.15, -0.1) is 0 Å². The first-order chi connectivity index (χ1) is 8.33. The molecule has 1 aliphatic rings. The molecule has 2 atom stereocenters. The molecule has 0 radical (unpaired) electrons. The number of rotatable bonds is 4. The van der Waals surface area contributed by atoms with Gasteiger partial charge in [-0.05, 0) is 40.2 Å². The highest BCUT2D eigenvalue weighted by Crippen LogP contribution is 2.23. The van der Waals surface area contributed by atoms with Crippen molar-refractivity contribution in [2.45, 2.75) is 71.1 Å². The topological polar surface area (TPSA) is 52.6 Å². The molecular weight excluding hydrogens is 228 g/mol. The summed E-state index contributed by atoms with van der Waals surface area (Å²) in [5, 5.41) is 13.0. The lowest BCUT2D eigenvalue weighted by Crippen LogP contribution is -2.51. The zero-order valence-electron chi connectivity index (χ0n) is 12.2. The van der Waals surface area contributed by atoms with Crippen molar-refractivity contribution >= 4 is 5.91 Å². The summed E-state index contributed by atoms with van der Waals surface area (Å²) in [6.45, 7) is 9.18. The Labute approximate surface area is 111 Å². The fraction of sp³-hybridized carbons (Fsp3) is 0.929. The number of carbonyl (C=O) groups excluding carboxylic acids is 1. The third-order valence-corrected chi connectivity index (χ3v) is 3.43.